The number of ether oxygens (including phenoxy) is 1. The van der Waals surface area contributed by atoms with Gasteiger partial charge in [0.05, 0.1) is 28.8 Å². The summed E-state index contributed by atoms with van der Waals surface area (Å²) in [6, 6.07) is 1.36. The predicted octanol–water partition coefficient (Wildman–Crippen LogP) is 5.75. The van der Waals surface area contributed by atoms with Gasteiger partial charge in [0.1, 0.15) is 17.5 Å². The second kappa shape index (κ2) is 11.2. The van der Waals surface area contributed by atoms with Crippen LogP contribution in [0, 0.1) is 11.6 Å². The summed E-state index contributed by atoms with van der Waals surface area (Å²) in [5, 5.41) is -0.524. The Morgan fingerprint density at radius 1 is 1.14 bits per heavy atom. The maximum absolute atomic E-state index is 15.2. The van der Waals surface area contributed by atoms with Crippen LogP contribution in [0.4, 0.5) is 27.8 Å². The number of methoxy groups -OCH3 is 1. The van der Waals surface area contributed by atoms with Crippen LogP contribution in [0.1, 0.15) is 19.4 Å². The van der Waals surface area contributed by atoms with Crippen LogP contribution in [-0.2, 0) is 22.3 Å². The molecular weight excluding hydrogens is 603 g/mol. The van der Waals surface area contributed by atoms with Gasteiger partial charge in [-0.05, 0) is 32.1 Å². The number of hydrogen-bond donors (Lipinski definition) is 0. The molecule has 3 aromatic rings. The number of nitrogens with zero attached hydrogens (tertiary/aromatic N) is 4. The molecule has 14 heteroatoms. The van der Waals surface area contributed by atoms with Crippen molar-refractivity contribution in [3.63, 3.8) is 0 Å². The summed E-state index contributed by atoms with van der Waals surface area (Å²) in [6.07, 6.45) is -4.36. The number of hydrogen-bond acceptors (Lipinski definition) is 6. The molecule has 224 valence electrons. The summed E-state index contributed by atoms with van der Waals surface area (Å²) in [6.45, 7) is 7.47. The Balaban J connectivity index is 1.85. The lowest BCUT2D eigenvalue weighted by molar-refractivity contribution is -0.137. The van der Waals surface area contributed by atoms with Crippen molar-refractivity contribution in [3.05, 3.63) is 63.6 Å². The van der Waals surface area contributed by atoms with E-state index in [0.717, 1.165) is 23.9 Å². The van der Waals surface area contributed by atoms with E-state index in [1.54, 1.807) is 23.6 Å². The Morgan fingerprint density at radius 3 is 2.40 bits per heavy atom. The number of carbonyl (C=O) groups is 1. The molecule has 3 atom stereocenters. The summed E-state index contributed by atoms with van der Waals surface area (Å²) >= 11 is 6.89. The van der Waals surface area contributed by atoms with E-state index < -0.39 is 51.3 Å². The molecule has 0 spiro atoms. The number of piperazine rings is 1. The lowest BCUT2D eigenvalue weighted by Crippen LogP contribution is -2.58. The SMILES string of the molecule is C=CC(=O)N1[C@H](C)CN(c2nc(=O)n3c4c(c(-c5cc(Cl)c(F)cc5F)c(C(F)(F)F)cc24)SC[C@@H](OC)C3)C[C@@H]1C. The molecule has 1 fully saturated rings. The third kappa shape index (κ3) is 5.15. The first-order valence-corrected chi connectivity index (χ1v) is 14.3. The zero-order valence-corrected chi connectivity index (χ0v) is 24.3. The van der Waals surface area contributed by atoms with Crippen LogP contribution in [0.25, 0.3) is 22.0 Å². The molecule has 5 rings (SSSR count). The molecule has 2 aromatic carbocycles. The van der Waals surface area contributed by atoms with Gasteiger partial charge in [0.2, 0.25) is 5.91 Å². The topological polar surface area (TPSA) is 67.7 Å². The summed E-state index contributed by atoms with van der Waals surface area (Å²) < 4.78 is 80.3. The fraction of sp³-hybridized carbons (Fsp3) is 0.393. The van der Waals surface area contributed by atoms with E-state index >= 15 is 4.39 Å². The van der Waals surface area contributed by atoms with Crippen molar-refractivity contribution in [2.75, 3.05) is 30.9 Å². The van der Waals surface area contributed by atoms with Crippen LogP contribution in [0.15, 0.2) is 40.5 Å². The number of thioether (sulfide) groups is 1. The average Bonchev–Trinajstić information content (AvgIpc) is 3.12. The molecule has 0 unspecified atom stereocenters. The number of alkyl halides is 3. The molecule has 1 saturated heterocycles. The number of benzene rings is 2. The van der Waals surface area contributed by atoms with Gasteiger partial charge in [-0.1, -0.05) is 18.2 Å². The number of rotatable bonds is 4. The molecule has 0 saturated carbocycles. The summed E-state index contributed by atoms with van der Waals surface area (Å²) in [7, 11) is 1.42. The molecule has 42 heavy (non-hydrogen) atoms. The average molecular weight is 629 g/mol. The number of carbonyl (C=O) groups excluding carboxylic acids is 1. The van der Waals surface area contributed by atoms with Gasteiger partial charge in [-0.2, -0.15) is 18.2 Å². The van der Waals surface area contributed by atoms with Crippen molar-refractivity contribution < 1.29 is 31.5 Å². The van der Waals surface area contributed by atoms with Gasteiger partial charge >= 0.3 is 11.9 Å². The van der Waals surface area contributed by atoms with Gasteiger partial charge in [0.25, 0.3) is 0 Å². The molecule has 1 amide bonds. The molecule has 3 heterocycles. The Bertz CT molecular complexity index is 1650. The predicted molar refractivity (Wildman–Crippen MR) is 151 cm³/mol. The third-order valence-electron chi connectivity index (χ3n) is 7.56. The quantitative estimate of drug-likeness (QED) is 0.208. The Hall–Kier alpha value is -3.16. The van der Waals surface area contributed by atoms with Crippen LogP contribution in [0.2, 0.25) is 5.02 Å². The summed E-state index contributed by atoms with van der Waals surface area (Å²) in [5.41, 5.74) is -2.89. The highest BCUT2D eigenvalue weighted by Gasteiger charge is 2.40. The van der Waals surface area contributed by atoms with Gasteiger partial charge in [-0.15, -0.1) is 11.8 Å². The molecule has 1 aromatic heterocycles. The van der Waals surface area contributed by atoms with E-state index in [9.17, 15) is 27.2 Å². The van der Waals surface area contributed by atoms with E-state index in [0.29, 0.717) is 6.07 Å². The van der Waals surface area contributed by atoms with Crippen molar-refractivity contribution in [1.29, 1.82) is 0 Å². The minimum Gasteiger partial charge on any atom is -0.379 e. The maximum atomic E-state index is 15.2. The van der Waals surface area contributed by atoms with E-state index in [1.807, 2.05) is 0 Å². The number of halogens is 6. The molecule has 0 aliphatic carbocycles. The van der Waals surface area contributed by atoms with Crippen molar-refractivity contribution in [3.8, 4) is 11.1 Å². The van der Waals surface area contributed by atoms with Crippen molar-refractivity contribution in [2.24, 2.45) is 0 Å². The van der Waals surface area contributed by atoms with Crippen molar-refractivity contribution >= 4 is 46.0 Å². The fourth-order valence-electron chi connectivity index (χ4n) is 5.76. The van der Waals surface area contributed by atoms with E-state index in [1.165, 1.54) is 17.8 Å². The first-order chi connectivity index (χ1) is 19.8. The Labute approximate surface area is 246 Å². The highest BCUT2D eigenvalue weighted by atomic mass is 35.5. The minimum absolute atomic E-state index is 0.00893. The van der Waals surface area contributed by atoms with Crippen LogP contribution in [0.5, 0.6) is 0 Å². The zero-order chi connectivity index (χ0) is 30.7. The second-order valence-corrected chi connectivity index (χ2v) is 11.8. The molecule has 0 bridgehead atoms. The van der Waals surface area contributed by atoms with Crippen LogP contribution < -0.4 is 10.6 Å². The van der Waals surface area contributed by atoms with E-state index in [-0.39, 0.29) is 65.0 Å². The highest BCUT2D eigenvalue weighted by molar-refractivity contribution is 7.99. The number of aromatic nitrogens is 2. The van der Waals surface area contributed by atoms with Gasteiger partial charge < -0.3 is 14.5 Å². The van der Waals surface area contributed by atoms with Crippen LogP contribution >= 0.6 is 23.4 Å². The Morgan fingerprint density at radius 2 is 1.81 bits per heavy atom. The van der Waals surface area contributed by atoms with Gasteiger partial charge in [0, 0.05) is 65.5 Å². The first kappa shape index (κ1) is 30.3. The van der Waals surface area contributed by atoms with Crippen molar-refractivity contribution in [2.45, 2.75) is 49.7 Å². The van der Waals surface area contributed by atoms with Crippen LogP contribution in [0.3, 0.4) is 0 Å². The van der Waals surface area contributed by atoms with Gasteiger partial charge in [0.15, 0.2) is 0 Å². The summed E-state index contributed by atoms with van der Waals surface area (Å²) in [4.78, 5) is 33.5. The third-order valence-corrected chi connectivity index (χ3v) is 9.08. The Kier molecular flexibility index (Phi) is 8.05. The highest BCUT2D eigenvalue weighted by Crippen LogP contribution is 2.49. The molecule has 2 aliphatic rings. The second-order valence-electron chi connectivity index (χ2n) is 10.3. The van der Waals surface area contributed by atoms with E-state index in [4.69, 9.17) is 16.3 Å². The molecule has 7 nitrogen and oxygen atoms in total. The molecular formula is C28H26ClF5N4O3S. The molecule has 0 radical (unpaired) electrons. The zero-order valence-electron chi connectivity index (χ0n) is 22.8. The summed E-state index contributed by atoms with van der Waals surface area (Å²) in [5.74, 6) is -2.49. The van der Waals surface area contributed by atoms with Crippen molar-refractivity contribution in [1.82, 2.24) is 14.5 Å². The monoisotopic (exact) mass is 628 g/mol. The molecule has 0 N–H and O–H groups in total. The smallest absolute Gasteiger partial charge is 0.379 e. The fourth-order valence-corrected chi connectivity index (χ4v) is 7.24. The minimum atomic E-state index is -4.98. The van der Waals surface area contributed by atoms with Crippen LogP contribution in [-0.4, -0.2) is 64.5 Å². The normalized spacial score (nSPS) is 21.0. The first-order valence-electron chi connectivity index (χ1n) is 13.0. The van der Waals surface area contributed by atoms with Gasteiger partial charge in [-0.25, -0.2) is 13.6 Å². The van der Waals surface area contributed by atoms with Gasteiger partial charge in [-0.3, -0.25) is 9.36 Å². The maximum Gasteiger partial charge on any atom is 0.417 e. The number of amides is 1. The van der Waals surface area contributed by atoms with E-state index in [2.05, 4.69) is 11.6 Å². The lowest BCUT2D eigenvalue weighted by atomic mass is 9.95. The largest absolute Gasteiger partial charge is 0.417 e. The number of anilines is 1. The lowest BCUT2D eigenvalue weighted by Gasteiger charge is -2.44. The molecule has 2 aliphatic heterocycles. The standard InChI is InChI=1S/C28H26ClF5N4O3S/c1-5-22(39)38-13(2)9-36(10-14(38)3)26-17-6-18(28(32,33)34)23(16-7-19(29)21(31)8-20(16)30)25-24(17)37(27(40)35-26)11-15(41-4)12-42-25/h5-8,13-15H,1,9-12H2,2-4H3/t13-,14+,15-/m0/s1.